The summed E-state index contributed by atoms with van der Waals surface area (Å²) in [5.41, 5.74) is 3.78. The Morgan fingerprint density at radius 2 is 1.81 bits per heavy atom. The minimum absolute atomic E-state index is 0.0777. The quantitative estimate of drug-likeness (QED) is 0.0680. The van der Waals surface area contributed by atoms with E-state index in [-0.39, 0.29) is 31.1 Å². The summed E-state index contributed by atoms with van der Waals surface area (Å²) in [4.78, 5) is 46.3. The highest BCUT2D eigenvalue weighted by molar-refractivity contribution is 7.97. The molecule has 0 N–H and O–H groups in total. The highest BCUT2D eigenvalue weighted by Crippen LogP contribution is 2.43. The maximum absolute atomic E-state index is 12.1. The summed E-state index contributed by atoms with van der Waals surface area (Å²) in [6.07, 6.45) is 14.6. The zero-order valence-corrected chi connectivity index (χ0v) is 28.1. The van der Waals surface area contributed by atoms with E-state index in [1.54, 1.807) is 0 Å². The molecule has 3 aliphatic rings. The monoisotopic (exact) mass is 678 g/mol. The molecule has 2 aromatic rings. The SMILES string of the molecule is CC1(C)C(/C=C/C=C/C=C2\c3ccccc3SN2CCCS(=O)(=O)[O-])=Nc2c1ccc[n+]2CCCCCC(=O)ON1C(=O)CCC1=O. The number of benzene rings is 1. The van der Waals surface area contributed by atoms with Gasteiger partial charge in [-0.3, -0.25) is 9.59 Å². The van der Waals surface area contributed by atoms with Gasteiger partial charge in [0, 0.05) is 42.0 Å². The number of carbonyl (C=O) groups is 3. The summed E-state index contributed by atoms with van der Waals surface area (Å²) in [6, 6.07) is 12.1. The lowest BCUT2D eigenvalue weighted by molar-refractivity contribution is -0.684. The van der Waals surface area contributed by atoms with Crippen LogP contribution in [0.2, 0.25) is 0 Å². The smallest absolute Gasteiger partial charge is 0.333 e. The molecule has 11 nitrogen and oxygen atoms in total. The normalized spacial score (nSPS) is 18.1. The zero-order valence-electron chi connectivity index (χ0n) is 26.5. The molecular weight excluding hydrogens is 641 g/mol. The Morgan fingerprint density at radius 3 is 2.57 bits per heavy atom. The van der Waals surface area contributed by atoms with Gasteiger partial charge in [0.05, 0.1) is 39.5 Å². The fraction of sp³-hybridized carbons (Fsp3) is 0.382. The van der Waals surface area contributed by atoms with Crippen LogP contribution < -0.4 is 4.57 Å². The van der Waals surface area contributed by atoms with E-state index in [1.807, 2.05) is 71.2 Å². The number of nitrogens with zero attached hydrogens (tertiary/aromatic N) is 4. The molecular formula is C34H38N4O7S2. The van der Waals surface area contributed by atoms with Gasteiger partial charge in [0.2, 0.25) is 0 Å². The van der Waals surface area contributed by atoms with Gasteiger partial charge in [-0.2, -0.15) is 0 Å². The van der Waals surface area contributed by atoms with Gasteiger partial charge in [-0.05, 0) is 86.8 Å². The fourth-order valence-electron chi connectivity index (χ4n) is 5.65. The van der Waals surface area contributed by atoms with Gasteiger partial charge in [-0.15, -0.1) is 5.06 Å². The molecule has 47 heavy (non-hydrogen) atoms. The standard InChI is InChI=1S/C34H38N4O7S2/c1-34(2)26-14-11-22-36(21-10-4-7-18-32(41)45-38-30(39)19-20-31(38)40)33(26)35-29(34)17-6-3-5-15-27-25-13-8-9-16-28(25)46-37(27)23-12-24-47(42,43)44/h3,5-6,8-9,11,13-17,22H,4,7,10,12,18-21,23-24H2,1-2H3. The Balaban J connectivity index is 1.17. The minimum Gasteiger partial charge on any atom is -0.748 e. The van der Waals surface area contributed by atoms with Crippen molar-refractivity contribution in [3.63, 3.8) is 0 Å². The van der Waals surface area contributed by atoms with Gasteiger partial charge in [0.1, 0.15) is 0 Å². The van der Waals surface area contributed by atoms with Crippen LogP contribution in [0.15, 0.2) is 82.9 Å². The lowest BCUT2D eigenvalue weighted by Crippen LogP contribution is -2.35. The number of hydroxylamine groups is 2. The summed E-state index contributed by atoms with van der Waals surface area (Å²) in [5.74, 6) is -1.01. The molecule has 1 fully saturated rings. The Labute approximate surface area is 279 Å². The van der Waals surface area contributed by atoms with Crippen molar-refractivity contribution in [3.8, 4) is 0 Å². The van der Waals surface area contributed by atoms with Gasteiger partial charge in [0.25, 0.3) is 11.8 Å². The van der Waals surface area contributed by atoms with Crippen LogP contribution in [0.5, 0.6) is 0 Å². The first-order valence-electron chi connectivity index (χ1n) is 15.7. The third-order valence-corrected chi connectivity index (χ3v) is 10.1. The molecule has 1 aromatic heterocycles. The van der Waals surface area contributed by atoms with Crippen molar-refractivity contribution < 1.29 is 36.8 Å². The van der Waals surface area contributed by atoms with E-state index in [2.05, 4.69) is 24.5 Å². The van der Waals surface area contributed by atoms with Crippen molar-refractivity contribution in [2.24, 2.45) is 4.99 Å². The topological polar surface area (TPSA) is 140 Å². The number of unbranched alkanes of at least 4 members (excludes halogenated alkanes) is 2. The summed E-state index contributed by atoms with van der Waals surface area (Å²) in [7, 11) is -4.26. The highest BCUT2D eigenvalue weighted by atomic mass is 32.2. The number of imide groups is 1. The molecule has 0 bridgehead atoms. The van der Waals surface area contributed by atoms with Crippen LogP contribution in [0.25, 0.3) is 5.70 Å². The second kappa shape index (κ2) is 14.8. The maximum atomic E-state index is 12.1. The maximum Gasteiger partial charge on any atom is 0.333 e. The van der Waals surface area contributed by atoms with Crippen molar-refractivity contribution in [2.45, 2.75) is 75.6 Å². The van der Waals surface area contributed by atoms with Crippen molar-refractivity contribution in [1.82, 2.24) is 9.37 Å². The van der Waals surface area contributed by atoms with Crippen LogP contribution in [0, 0.1) is 0 Å². The summed E-state index contributed by atoms with van der Waals surface area (Å²) >= 11 is 1.54. The van der Waals surface area contributed by atoms with Gasteiger partial charge in [0.15, 0.2) is 5.71 Å². The van der Waals surface area contributed by atoms with Crippen LogP contribution >= 0.6 is 11.9 Å². The number of aryl methyl sites for hydroxylation is 1. The van der Waals surface area contributed by atoms with E-state index in [1.165, 1.54) is 11.9 Å². The molecule has 0 aliphatic carbocycles. The third kappa shape index (κ3) is 8.45. The van der Waals surface area contributed by atoms with Gasteiger partial charge < -0.3 is 13.7 Å². The molecule has 4 heterocycles. The number of hydrogen-bond donors (Lipinski definition) is 0. The lowest BCUT2D eigenvalue weighted by atomic mass is 9.82. The molecule has 0 atom stereocenters. The average Bonchev–Trinajstić information content (AvgIpc) is 3.62. The van der Waals surface area contributed by atoms with Crippen LogP contribution in [0.1, 0.15) is 69.9 Å². The largest absolute Gasteiger partial charge is 0.748 e. The number of allylic oxidation sites excluding steroid dienone is 5. The first-order valence-corrected chi connectivity index (χ1v) is 18.0. The summed E-state index contributed by atoms with van der Waals surface area (Å²) in [5, 5.41) is 0.587. The van der Waals surface area contributed by atoms with E-state index in [4.69, 9.17) is 9.83 Å². The van der Waals surface area contributed by atoms with E-state index < -0.39 is 33.7 Å². The Hall–Kier alpha value is -4.07. The Kier molecular flexibility index (Phi) is 10.8. The van der Waals surface area contributed by atoms with Gasteiger partial charge in [-0.25, -0.2) is 17.8 Å². The molecule has 13 heteroatoms. The second-order valence-electron chi connectivity index (χ2n) is 12.0. The molecule has 0 unspecified atom stereocenters. The van der Waals surface area contributed by atoms with Crippen molar-refractivity contribution in [1.29, 1.82) is 0 Å². The van der Waals surface area contributed by atoms with Gasteiger partial charge >= 0.3 is 11.8 Å². The van der Waals surface area contributed by atoms with E-state index in [9.17, 15) is 27.4 Å². The fourth-order valence-corrected chi connectivity index (χ4v) is 7.26. The van der Waals surface area contributed by atoms with Crippen molar-refractivity contribution in [2.75, 3.05) is 12.3 Å². The summed E-state index contributed by atoms with van der Waals surface area (Å²) < 4.78 is 37.4. The molecule has 5 rings (SSSR count). The second-order valence-corrected chi connectivity index (χ2v) is 14.6. The number of aromatic nitrogens is 1. The predicted octanol–water partition coefficient (Wildman–Crippen LogP) is 4.92. The Morgan fingerprint density at radius 1 is 1.04 bits per heavy atom. The molecule has 2 amide bonds. The summed E-state index contributed by atoms with van der Waals surface area (Å²) in [6.45, 7) is 5.45. The molecule has 248 valence electrons. The number of aliphatic imine (C=N–C) groups is 1. The van der Waals surface area contributed by atoms with Crippen LogP contribution in [-0.4, -0.2) is 58.1 Å². The minimum atomic E-state index is -4.26. The van der Waals surface area contributed by atoms with Crippen LogP contribution in [0.4, 0.5) is 5.82 Å². The molecule has 0 radical (unpaired) electrons. The highest BCUT2D eigenvalue weighted by Gasteiger charge is 2.41. The lowest BCUT2D eigenvalue weighted by Gasteiger charge is -2.18. The molecule has 1 saturated heterocycles. The first kappa shape index (κ1) is 34.3. The van der Waals surface area contributed by atoms with Gasteiger partial charge in [-0.1, -0.05) is 36.4 Å². The number of fused-ring (bicyclic) bond motifs is 2. The van der Waals surface area contributed by atoms with Crippen LogP contribution in [-0.2, 0) is 41.3 Å². The molecule has 1 aromatic carbocycles. The molecule has 0 spiro atoms. The predicted molar refractivity (Wildman–Crippen MR) is 177 cm³/mol. The Bertz CT molecular complexity index is 1760. The number of hydrogen-bond acceptors (Lipinski definition) is 10. The van der Waals surface area contributed by atoms with Crippen LogP contribution in [0.3, 0.4) is 0 Å². The van der Waals surface area contributed by atoms with E-state index in [0.717, 1.165) is 52.6 Å². The molecule has 3 aliphatic heterocycles. The number of carbonyl (C=O) groups excluding carboxylic acids is 3. The van der Waals surface area contributed by atoms with Crippen molar-refractivity contribution in [3.05, 3.63) is 84.1 Å². The zero-order chi connectivity index (χ0) is 33.6. The molecule has 0 saturated carbocycles. The number of rotatable bonds is 14. The first-order chi connectivity index (χ1) is 22.4. The number of amides is 2. The number of pyridine rings is 1. The van der Waals surface area contributed by atoms with Crippen molar-refractivity contribution >= 4 is 57.1 Å². The average molecular weight is 679 g/mol. The van der Waals surface area contributed by atoms with E-state index >= 15 is 0 Å². The van der Waals surface area contributed by atoms with E-state index in [0.29, 0.717) is 18.0 Å². The third-order valence-electron chi connectivity index (χ3n) is 8.19.